The minimum absolute atomic E-state index is 0.0532. The van der Waals surface area contributed by atoms with Crippen molar-refractivity contribution in [2.45, 2.75) is 19.6 Å². The fourth-order valence-electron chi connectivity index (χ4n) is 4.98. The average Bonchev–Trinajstić information content (AvgIpc) is 3.13. The van der Waals surface area contributed by atoms with Crippen LogP contribution in [0.25, 0.3) is 12.2 Å². The van der Waals surface area contributed by atoms with Crippen molar-refractivity contribution in [3.8, 4) is 0 Å². The van der Waals surface area contributed by atoms with Crippen molar-refractivity contribution >= 4 is 105 Å². The van der Waals surface area contributed by atoms with E-state index in [0.29, 0.717) is 5.69 Å². The number of anilines is 2. The molecule has 0 unspecified atom stereocenters. The van der Waals surface area contributed by atoms with Crippen molar-refractivity contribution in [1.82, 2.24) is 29.9 Å². The van der Waals surface area contributed by atoms with Crippen LogP contribution < -0.4 is 22.2 Å². The molecule has 0 aliphatic rings. The van der Waals surface area contributed by atoms with Gasteiger partial charge in [0.2, 0.25) is 33.4 Å². The second kappa shape index (κ2) is 17.0. The largest absolute Gasteiger partial charge is 0.324 e. The first-order chi connectivity index (χ1) is 28.0. The molecule has 0 atom stereocenters. The van der Waals surface area contributed by atoms with E-state index in [-0.39, 0.29) is 66.5 Å². The van der Waals surface area contributed by atoms with Crippen LogP contribution in [0.3, 0.4) is 0 Å². The Hall–Kier alpha value is -5.94. The number of rotatable bonds is 11. The summed E-state index contributed by atoms with van der Waals surface area (Å²) >= 11 is 12.2. The number of H-pyrrole nitrogens is 3. The number of benzene rings is 4. The van der Waals surface area contributed by atoms with Gasteiger partial charge in [-0.05, 0) is 101 Å². The van der Waals surface area contributed by atoms with Crippen LogP contribution >= 0.6 is 23.2 Å². The molecule has 0 bridgehead atoms. The van der Waals surface area contributed by atoms with Gasteiger partial charge in [-0.3, -0.25) is 28.2 Å². The monoisotopic (exact) mass is 938 g/mol. The Morgan fingerprint density at radius 3 is 1.60 bits per heavy atom. The Labute approximate surface area is 347 Å². The predicted octanol–water partition coefficient (Wildman–Crippen LogP) is 3.76. The van der Waals surface area contributed by atoms with Crippen LogP contribution in [0.5, 0.6) is 0 Å². The highest BCUT2D eigenvalue weighted by Gasteiger charge is 2.18. The van der Waals surface area contributed by atoms with E-state index in [1.165, 1.54) is 48.5 Å². The van der Waals surface area contributed by atoms with E-state index in [1.54, 1.807) is 0 Å². The van der Waals surface area contributed by atoms with Crippen molar-refractivity contribution in [3.63, 3.8) is 0 Å². The van der Waals surface area contributed by atoms with E-state index in [9.17, 15) is 51.9 Å². The van der Waals surface area contributed by atoms with E-state index >= 15 is 0 Å². The summed E-state index contributed by atoms with van der Waals surface area (Å²) in [5.41, 5.74) is -0.560. The van der Waals surface area contributed by atoms with E-state index in [4.69, 9.17) is 23.2 Å². The number of nitrogens with one attached hydrogen (secondary N) is 4. The minimum atomic E-state index is -4.95. The summed E-state index contributed by atoms with van der Waals surface area (Å²) < 4.78 is 134. The minimum Gasteiger partial charge on any atom is -0.324 e. The third kappa shape index (κ3) is 11.4. The maximum Gasteiger partial charge on any atom is 0.295 e. The van der Waals surface area contributed by atoms with E-state index in [1.807, 2.05) is 0 Å². The number of nitrogens with zero attached hydrogens (tertiary/aromatic N) is 6. The Kier molecular flexibility index (Phi) is 12.3. The first kappa shape index (κ1) is 43.6. The van der Waals surface area contributed by atoms with Gasteiger partial charge in [-0.1, -0.05) is 30.4 Å². The number of halogens is 2. The van der Waals surface area contributed by atoms with Crippen LogP contribution in [0.15, 0.2) is 119 Å². The zero-order chi connectivity index (χ0) is 43.6. The van der Waals surface area contributed by atoms with E-state index in [2.05, 4.69) is 50.2 Å². The Balaban J connectivity index is 1.32. The van der Waals surface area contributed by atoms with E-state index in [0.717, 1.165) is 48.6 Å². The second-order valence-electron chi connectivity index (χ2n) is 11.8. The molecule has 2 aromatic heterocycles. The lowest BCUT2D eigenvalue weighted by molar-refractivity contribution is 0.480. The summed E-state index contributed by atoms with van der Waals surface area (Å²) in [5.74, 6) is -0.122. The highest BCUT2D eigenvalue weighted by Crippen LogP contribution is 2.28. The van der Waals surface area contributed by atoms with Gasteiger partial charge in [0.1, 0.15) is 9.79 Å². The van der Waals surface area contributed by atoms with Gasteiger partial charge >= 0.3 is 0 Å². The van der Waals surface area contributed by atoms with Crippen LogP contribution in [-0.2, 0) is 40.5 Å². The highest BCUT2D eigenvalue weighted by atomic mass is 35.5. The lowest BCUT2D eigenvalue weighted by Gasteiger charge is -2.07. The molecular weight excluding hydrogens is 916 g/mol. The smallest absolute Gasteiger partial charge is 0.295 e. The maximum absolute atomic E-state index is 12.5. The molecule has 60 heavy (non-hydrogen) atoms. The summed E-state index contributed by atoms with van der Waals surface area (Å²) in [6.07, 6.45) is 2.29. The van der Waals surface area contributed by atoms with Crippen molar-refractivity contribution in [2.24, 2.45) is 15.0 Å². The molecule has 6 rings (SSSR count). The van der Waals surface area contributed by atoms with Crippen LogP contribution in [0.4, 0.5) is 28.7 Å². The van der Waals surface area contributed by atoms with Gasteiger partial charge in [0.15, 0.2) is 0 Å². The molecule has 2 heterocycles. The number of aromatic amines is 3. The molecule has 0 radical (unpaired) electrons. The third-order valence-electron chi connectivity index (χ3n) is 7.51. The van der Waals surface area contributed by atoms with Gasteiger partial charge in [0.05, 0.1) is 26.9 Å². The zero-order valence-electron chi connectivity index (χ0n) is 29.4. The standard InChI is InChI=1S/C32H24Cl2N10O12S4/c33-27-39-29(35-19-10-12-23(13-11-19)57(45,46)47)43-31(41-27)37-21-8-6-17(25(15-21)59(51,52)53)4-5-18-7-9-22(16-26(18)60(54,55)56)38-32-42-28(34)40-30(44-32)36-20-2-1-3-24(14-20)58(48,49)50/h1-16H,(H,45,46,47)(H,48,49,50)(H,51,52,53)(H,54,55,56)(H2,35,37,39,41,43)(H2,36,38,40,42,44). The lowest BCUT2D eigenvalue weighted by atomic mass is 10.1. The van der Waals surface area contributed by atoms with Crippen LogP contribution in [0.2, 0.25) is 10.6 Å². The van der Waals surface area contributed by atoms with Gasteiger partial charge in [-0.15, -0.1) is 0 Å². The molecule has 0 amide bonds. The Bertz CT molecular complexity index is 3390. The molecule has 0 fully saturated rings. The number of aromatic nitrogens is 6. The molecule has 28 heteroatoms. The molecule has 8 N–H and O–H groups in total. The number of hydrogen-bond acceptors (Lipinski definition) is 15. The molecule has 312 valence electrons. The molecule has 6 aromatic rings. The topological polar surface area (TPSA) is 353 Å². The maximum atomic E-state index is 12.5. The van der Waals surface area contributed by atoms with Crippen molar-refractivity contribution in [1.29, 1.82) is 0 Å². The van der Waals surface area contributed by atoms with E-state index < -0.39 is 55.2 Å². The van der Waals surface area contributed by atoms with Gasteiger partial charge in [-0.2, -0.15) is 48.6 Å². The summed E-state index contributed by atoms with van der Waals surface area (Å²) in [6, 6.07) is 16.9. The van der Waals surface area contributed by atoms with Gasteiger partial charge < -0.3 is 10.3 Å². The Morgan fingerprint density at radius 2 is 1.05 bits per heavy atom. The average molecular weight is 940 g/mol. The number of hydrogen-bond donors (Lipinski definition) is 8. The zero-order valence-corrected chi connectivity index (χ0v) is 34.1. The summed E-state index contributed by atoms with van der Waals surface area (Å²) in [5, 5.41) is 2.30. The summed E-state index contributed by atoms with van der Waals surface area (Å²) in [7, 11) is -18.9. The molecule has 4 aromatic carbocycles. The highest BCUT2D eigenvalue weighted by molar-refractivity contribution is 7.86. The predicted molar refractivity (Wildman–Crippen MR) is 212 cm³/mol. The summed E-state index contributed by atoms with van der Waals surface area (Å²) in [4.78, 5) is 30.3. The molecule has 0 aliphatic heterocycles. The normalized spacial score (nSPS) is 13.6. The molecule has 0 saturated heterocycles. The van der Waals surface area contributed by atoms with Crippen LogP contribution in [0.1, 0.15) is 11.1 Å². The first-order valence-corrected chi connectivity index (χ1v) is 22.5. The van der Waals surface area contributed by atoms with Gasteiger partial charge in [0.25, 0.3) is 40.5 Å². The SMILES string of the molecule is O=S(=O)(O)c1ccc(Nc2nc(Cl)[nH]c(=Nc3ccc(C=Cc4ccc(N=c5[nH]c(Cl)nc(=Nc6cccc(S(=O)(=O)O)c6)[nH]5)cc4S(=O)(=O)O)c(S(=O)(=O)O)c3)n2)cc1. The van der Waals surface area contributed by atoms with Crippen LogP contribution in [0, 0.1) is 0 Å². The second-order valence-corrected chi connectivity index (χ2v) is 18.1. The molecule has 0 saturated carbocycles. The molecule has 0 spiro atoms. The molecule has 22 nitrogen and oxygen atoms in total. The fraction of sp³-hybridized carbons (Fsp3) is 0. The van der Waals surface area contributed by atoms with Crippen molar-refractivity contribution in [3.05, 3.63) is 123 Å². The molecule has 0 aliphatic carbocycles. The quantitative estimate of drug-likeness (QED) is 0.0677. The first-order valence-electron chi connectivity index (χ1n) is 16.0. The summed E-state index contributed by atoms with van der Waals surface area (Å²) in [6.45, 7) is 0. The fourth-order valence-corrected chi connectivity index (χ4v) is 7.72. The van der Waals surface area contributed by atoms with Crippen molar-refractivity contribution in [2.75, 3.05) is 5.32 Å². The van der Waals surface area contributed by atoms with Crippen LogP contribution in [-0.4, -0.2) is 81.8 Å². The van der Waals surface area contributed by atoms with Gasteiger partial charge in [-0.25, -0.2) is 15.0 Å². The van der Waals surface area contributed by atoms with Gasteiger partial charge in [0, 0.05) is 5.69 Å². The third-order valence-corrected chi connectivity index (χ3v) is 11.4. The Morgan fingerprint density at radius 1 is 0.533 bits per heavy atom. The lowest BCUT2D eigenvalue weighted by Crippen LogP contribution is -2.26. The van der Waals surface area contributed by atoms with Crippen molar-refractivity contribution < 1.29 is 51.9 Å². The molecular formula is C32H24Cl2N10O12S4.